The van der Waals surface area contributed by atoms with Crippen molar-refractivity contribution in [1.29, 1.82) is 0 Å². The third kappa shape index (κ3) is 2.71. The first-order valence-corrected chi connectivity index (χ1v) is 7.00. The summed E-state index contributed by atoms with van der Waals surface area (Å²) in [7, 11) is 0. The molecule has 1 amide bonds. The van der Waals surface area contributed by atoms with Gasteiger partial charge in [-0.05, 0) is 43.9 Å². The Morgan fingerprint density at radius 2 is 2.18 bits per heavy atom. The van der Waals surface area contributed by atoms with Gasteiger partial charge in [-0.25, -0.2) is 0 Å². The maximum absolute atomic E-state index is 12.5. The second-order valence-corrected chi connectivity index (χ2v) is 5.50. The molecule has 1 saturated carbocycles. The van der Waals surface area contributed by atoms with Crippen LogP contribution in [0.25, 0.3) is 0 Å². The van der Waals surface area contributed by atoms with Crippen LogP contribution in [-0.2, 0) is 0 Å². The average molecular weight is 296 g/mol. The zero-order chi connectivity index (χ0) is 12.4. The summed E-state index contributed by atoms with van der Waals surface area (Å²) >= 11 is 3.48. The highest BCUT2D eigenvalue weighted by Gasteiger charge is 2.32. The van der Waals surface area contributed by atoms with Gasteiger partial charge in [-0.2, -0.15) is 0 Å². The molecule has 3 heteroatoms. The van der Waals surface area contributed by atoms with Crippen molar-refractivity contribution in [1.82, 2.24) is 4.90 Å². The highest BCUT2D eigenvalue weighted by molar-refractivity contribution is 9.10. The van der Waals surface area contributed by atoms with Crippen molar-refractivity contribution in [3.05, 3.63) is 33.8 Å². The number of carbonyl (C=O) groups excluding carboxylic acids is 1. The van der Waals surface area contributed by atoms with Gasteiger partial charge >= 0.3 is 0 Å². The van der Waals surface area contributed by atoms with Crippen molar-refractivity contribution in [3.8, 4) is 0 Å². The molecule has 1 aliphatic carbocycles. The van der Waals surface area contributed by atoms with E-state index in [1.807, 2.05) is 30.0 Å². The Balaban J connectivity index is 2.25. The summed E-state index contributed by atoms with van der Waals surface area (Å²) in [5.74, 6) is 0.188. The van der Waals surface area contributed by atoms with Crippen molar-refractivity contribution in [2.75, 3.05) is 6.54 Å². The lowest BCUT2D eigenvalue weighted by atomic mass is 10.1. The fourth-order valence-corrected chi connectivity index (χ4v) is 2.44. The van der Waals surface area contributed by atoms with Crippen LogP contribution in [-0.4, -0.2) is 23.4 Å². The summed E-state index contributed by atoms with van der Waals surface area (Å²) < 4.78 is 1.01. The van der Waals surface area contributed by atoms with Crippen LogP contribution in [0.4, 0.5) is 0 Å². The minimum Gasteiger partial charge on any atom is -0.336 e. The quantitative estimate of drug-likeness (QED) is 0.828. The van der Waals surface area contributed by atoms with Crippen molar-refractivity contribution < 1.29 is 4.79 Å². The largest absolute Gasteiger partial charge is 0.336 e. The molecule has 0 heterocycles. The molecule has 1 aromatic rings. The van der Waals surface area contributed by atoms with Crippen LogP contribution in [0.5, 0.6) is 0 Å². The topological polar surface area (TPSA) is 20.3 Å². The molecule has 2 nitrogen and oxygen atoms in total. The first-order chi connectivity index (χ1) is 8.15. The van der Waals surface area contributed by atoms with Crippen LogP contribution < -0.4 is 0 Å². The molecule has 0 saturated heterocycles. The second kappa shape index (κ2) is 5.21. The molecule has 92 valence electrons. The normalized spacial score (nSPS) is 14.8. The Bertz CT molecular complexity index is 426. The molecule has 1 aliphatic rings. The molecule has 1 aromatic carbocycles. The summed E-state index contributed by atoms with van der Waals surface area (Å²) in [6, 6.07) is 6.32. The van der Waals surface area contributed by atoms with E-state index in [2.05, 4.69) is 22.9 Å². The lowest BCUT2D eigenvalue weighted by Gasteiger charge is -2.22. The summed E-state index contributed by atoms with van der Waals surface area (Å²) in [4.78, 5) is 14.5. The van der Waals surface area contributed by atoms with Crippen molar-refractivity contribution in [2.45, 2.75) is 39.2 Å². The molecule has 0 unspecified atom stereocenters. The number of hydrogen-bond donors (Lipinski definition) is 0. The predicted molar refractivity (Wildman–Crippen MR) is 73.2 cm³/mol. The van der Waals surface area contributed by atoms with E-state index in [9.17, 15) is 4.79 Å². The first-order valence-electron chi connectivity index (χ1n) is 6.21. The lowest BCUT2D eigenvalue weighted by molar-refractivity contribution is 0.0742. The van der Waals surface area contributed by atoms with E-state index in [4.69, 9.17) is 0 Å². The Hall–Kier alpha value is -0.830. The molecule has 0 aliphatic heterocycles. The van der Waals surface area contributed by atoms with E-state index in [1.54, 1.807) is 0 Å². The van der Waals surface area contributed by atoms with Crippen molar-refractivity contribution in [2.24, 2.45) is 0 Å². The monoisotopic (exact) mass is 295 g/mol. The smallest absolute Gasteiger partial charge is 0.254 e. The summed E-state index contributed by atoms with van der Waals surface area (Å²) in [6.45, 7) is 4.99. The molecule has 1 fully saturated rings. The average Bonchev–Trinajstić information content (AvgIpc) is 3.13. The summed E-state index contributed by atoms with van der Waals surface area (Å²) in [6.07, 6.45) is 3.35. The van der Waals surface area contributed by atoms with E-state index in [-0.39, 0.29) is 5.91 Å². The third-order valence-corrected chi connectivity index (χ3v) is 4.07. The maximum atomic E-state index is 12.5. The number of benzene rings is 1. The number of halogens is 1. The van der Waals surface area contributed by atoms with E-state index >= 15 is 0 Å². The minimum atomic E-state index is 0.188. The van der Waals surface area contributed by atoms with Crippen LogP contribution in [0.15, 0.2) is 22.7 Å². The highest BCUT2D eigenvalue weighted by Crippen LogP contribution is 2.30. The van der Waals surface area contributed by atoms with Crippen LogP contribution in [0.1, 0.15) is 42.1 Å². The Labute approximate surface area is 111 Å². The first kappa shape index (κ1) is 12.6. The number of hydrogen-bond acceptors (Lipinski definition) is 1. The molecular formula is C14H18BrNO. The Morgan fingerprint density at radius 1 is 1.47 bits per heavy atom. The van der Waals surface area contributed by atoms with E-state index < -0.39 is 0 Å². The fourth-order valence-electron chi connectivity index (χ4n) is 2.07. The van der Waals surface area contributed by atoms with Crippen LogP contribution in [0.2, 0.25) is 0 Å². The van der Waals surface area contributed by atoms with Crippen LogP contribution >= 0.6 is 15.9 Å². The van der Waals surface area contributed by atoms with Crippen LogP contribution in [0.3, 0.4) is 0 Å². The molecule has 17 heavy (non-hydrogen) atoms. The summed E-state index contributed by atoms with van der Waals surface area (Å²) in [5.41, 5.74) is 1.87. The number of amides is 1. The Morgan fingerprint density at radius 3 is 2.76 bits per heavy atom. The molecule has 0 radical (unpaired) electrons. The van der Waals surface area contributed by atoms with Gasteiger partial charge < -0.3 is 4.90 Å². The molecule has 0 atom stereocenters. The zero-order valence-electron chi connectivity index (χ0n) is 10.4. The standard InChI is InChI=1S/C14H18BrNO/c1-3-9-16(11-7-8-11)14(17)12-5-4-6-13(15)10(12)2/h4-6,11H,3,7-9H2,1-2H3. The maximum Gasteiger partial charge on any atom is 0.254 e. The van der Waals surface area contributed by atoms with Crippen molar-refractivity contribution >= 4 is 21.8 Å². The molecule has 0 aromatic heterocycles. The van der Waals surface area contributed by atoms with Gasteiger partial charge in [0.1, 0.15) is 0 Å². The number of carbonyl (C=O) groups is 1. The predicted octanol–water partition coefficient (Wildman–Crippen LogP) is 3.77. The van der Waals surface area contributed by atoms with E-state index in [0.717, 1.165) is 28.6 Å². The van der Waals surface area contributed by atoms with E-state index in [0.29, 0.717) is 6.04 Å². The van der Waals surface area contributed by atoms with Gasteiger partial charge in [-0.3, -0.25) is 4.79 Å². The van der Waals surface area contributed by atoms with Gasteiger partial charge in [0.15, 0.2) is 0 Å². The molecule has 0 bridgehead atoms. The van der Waals surface area contributed by atoms with Gasteiger partial charge in [-0.1, -0.05) is 28.9 Å². The number of nitrogens with zero attached hydrogens (tertiary/aromatic N) is 1. The Kier molecular flexibility index (Phi) is 3.87. The molecule has 0 N–H and O–H groups in total. The fraction of sp³-hybridized carbons (Fsp3) is 0.500. The van der Waals surface area contributed by atoms with Gasteiger partial charge in [-0.15, -0.1) is 0 Å². The summed E-state index contributed by atoms with van der Waals surface area (Å²) in [5, 5.41) is 0. The molecule has 0 spiro atoms. The van der Waals surface area contributed by atoms with Gasteiger partial charge in [0.25, 0.3) is 5.91 Å². The van der Waals surface area contributed by atoms with Crippen LogP contribution in [0, 0.1) is 6.92 Å². The van der Waals surface area contributed by atoms with Gasteiger partial charge in [0.2, 0.25) is 0 Å². The SMILES string of the molecule is CCCN(C(=O)c1cccc(Br)c1C)C1CC1. The van der Waals surface area contributed by atoms with Crippen molar-refractivity contribution in [3.63, 3.8) is 0 Å². The molecular weight excluding hydrogens is 278 g/mol. The van der Waals surface area contributed by atoms with Gasteiger partial charge in [0, 0.05) is 22.6 Å². The molecule has 2 rings (SSSR count). The third-order valence-electron chi connectivity index (χ3n) is 3.21. The number of rotatable bonds is 4. The second-order valence-electron chi connectivity index (χ2n) is 4.64. The lowest BCUT2D eigenvalue weighted by Crippen LogP contribution is -2.34. The highest BCUT2D eigenvalue weighted by atomic mass is 79.9. The van der Waals surface area contributed by atoms with E-state index in [1.165, 1.54) is 12.8 Å². The van der Waals surface area contributed by atoms with Gasteiger partial charge in [0.05, 0.1) is 0 Å². The minimum absolute atomic E-state index is 0.188. The zero-order valence-corrected chi connectivity index (χ0v) is 12.0.